The first-order valence-corrected chi connectivity index (χ1v) is 10.2. The van der Waals surface area contributed by atoms with Crippen LogP contribution in [0.2, 0.25) is 0 Å². The van der Waals surface area contributed by atoms with E-state index in [1.165, 1.54) is 24.5 Å². The quantitative estimate of drug-likeness (QED) is 0.466. The van der Waals surface area contributed by atoms with Crippen molar-refractivity contribution >= 4 is 44.0 Å². The Balaban J connectivity index is 1.60. The maximum atomic E-state index is 12.7. The minimum Gasteiger partial charge on any atom is -0.493 e. The summed E-state index contributed by atoms with van der Waals surface area (Å²) in [5, 5.41) is 14.7. The molecule has 0 saturated carbocycles. The number of rotatable bonds is 6. The summed E-state index contributed by atoms with van der Waals surface area (Å²) in [7, 11) is 3.09. The number of hydrogen-bond acceptors (Lipinski definition) is 8. The molecule has 1 amide bonds. The van der Waals surface area contributed by atoms with Gasteiger partial charge in [0.05, 0.1) is 29.4 Å². The number of nitrogens with one attached hydrogen (secondary N) is 1. The summed E-state index contributed by atoms with van der Waals surface area (Å²) in [5.41, 5.74) is 1.35. The molecule has 0 atom stereocenters. The van der Waals surface area contributed by atoms with Crippen LogP contribution < -0.4 is 19.7 Å². The van der Waals surface area contributed by atoms with Crippen LogP contribution in [0.5, 0.6) is 11.5 Å². The minimum atomic E-state index is -0.455. The van der Waals surface area contributed by atoms with Gasteiger partial charge in [-0.05, 0) is 25.0 Å². The van der Waals surface area contributed by atoms with Crippen molar-refractivity contribution < 1.29 is 19.2 Å². The number of nitrogens with zero attached hydrogens (tertiary/aromatic N) is 3. The Morgan fingerprint density at radius 3 is 2.53 bits per heavy atom. The maximum absolute atomic E-state index is 12.7. The summed E-state index contributed by atoms with van der Waals surface area (Å²) in [6.45, 7) is 1.57. The van der Waals surface area contributed by atoms with Crippen molar-refractivity contribution in [3.63, 3.8) is 0 Å². The fourth-order valence-corrected chi connectivity index (χ4v) is 4.39. The molecular formula is C20H20N4O5S. The van der Waals surface area contributed by atoms with Gasteiger partial charge in [0.25, 0.3) is 11.6 Å². The molecule has 3 aromatic rings. The van der Waals surface area contributed by atoms with Crippen molar-refractivity contribution in [1.29, 1.82) is 0 Å². The Kier molecular flexibility index (Phi) is 5.40. The van der Waals surface area contributed by atoms with Crippen LogP contribution in [0.25, 0.3) is 10.2 Å². The second-order valence-electron chi connectivity index (χ2n) is 6.80. The highest BCUT2D eigenvalue weighted by atomic mass is 32.1. The van der Waals surface area contributed by atoms with Gasteiger partial charge in [0.15, 0.2) is 16.6 Å². The monoisotopic (exact) mass is 428 g/mol. The number of carbonyl (C=O) groups excluding carboxylic acids is 1. The maximum Gasteiger partial charge on any atom is 0.293 e. The Morgan fingerprint density at radius 2 is 1.87 bits per heavy atom. The molecule has 1 aliphatic heterocycles. The molecule has 0 unspecified atom stereocenters. The molecule has 9 nitrogen and oxygen atoms in total. The topological polar surface area (TPSA) is 107 Å². The van der Waals surface area contributed by atoms with Crippen molar-refractivity contribution in [1.82, 2.24) is 4.98 Å². The van der Waals surface area contributed by atoms with Crippen molar-refractivity contribution in [2.75, 3.05) is 37.5 Å². The average Bonchev–Trinajstić information content (AvgIpc) is 3.41. The standard InChI is InChI=1S/C20H20N4O5S/c1-28-16-10-13-18(11-17(16)29-2)30-20(21-13)22-19(25)12-5-6-14(15(9-12)24(26)27)23-7-3-4-8-23/h5-6,9-11H,3-4,7-8H2,1-2H3,(H,21,22,25). The molecule has 1 N–H and O–H groups in total. The molecule has 0 radical (unpaired) electrons. The molecule has 2 aromatic carbocycles. The molecule has 30 heavy (non-hydrogen) atoms. The first-order chi connectivity index (χ1) is 14.5. The summed E-state index contributed by atoms with van der Waals surface area (Å²) < 4.78 is 11.4. The summed E-state index contributed by atoms with van der Waals surface area (Å²) >= 11 is 1.28. The van der Waals surface area contributed by atoms with Gasteiger partial charge < -0.3 is 14.4 Å². The van der Waals surface area contributed by atoms with Crippen LogP contribution in [-0.4, -0.2) is 43.1 Å². The molecule has 10 heteroatoms. The zero-order valence-electron chi connectivity index (χ0n) is 16.5. The van der Waals surface area contributed by atoms with Gasteiger partial charge in [0, 0.05) is 36.9 Å². The number of anilines is 2. The third-order valence-corrected chi connectivity index (χ3v) is 5.93. The number of methoxy groups -OCH3 is 2. The van der Waals surface area contributed by atoms with Crippen molar-refractivity contribution in [2.24, 2.45) is 0 Å². The molecule has 156 valence electrons. The van der Waals surface area contributed by atoms with E-state index in [0.717, 1.165) is 30.6 Å². The molecule has 1 saturated heterocycles. The SMILES string of the molecule is COc1cc2nc(NC(=O)c3ccc(N4CCCC4)c([N+](=O)[O-])c3)sc2cc1OC. The third-order valence-electron chi connectivity index (χ3n) is 5.00. The van der Waals surface area contributed by atoms with E-state index in [0.29, 0.717) is 27.8 Å². The van der Waals surface area contributed by atoms with Crippen LogP contribution in [0, 0.1) is 10.1 Å². The predicted octanol–water partition coefficient (Wildman–Crippen LogP) is 4.07. The van der Waals surface area contributed by atoms with Gasteiger partial charge in [0.1, 0.15) is 5.69 Å². The second-order valence-corrected chi connectivity index (χ2v) is 7.83. The number of amides is 1. The summed E-state index contributed by atoms with van der Waals surface area (Å²) in [5.74, 6) is 0.657. The van der Waals surface area contributed by atoms with E-state index in [2.05, 4.69) is 10.3 Å². The fourth-order valence-electron chi connectivity index (χ4n) is 3.51. The Hall–Kier alpha value is -3.40. The van der Waals surface area contributed by atoms with Gasteiger partial charge in [-0.3, -0.25) is 20.2 Å². The van der Waals surface area contributed by atoms with Crippen LogP contribution >= 0.6 is 11.3 Å². The predicted molar refractivity (Wildman–Crippen MR) is 115 cm³/mol. The van der Waals surface area contributed by atoms with Crippen molar-refractivity contribution in [3.05, 3.63) is 46.0 Å². The highest BCUT2D eigenvalue weighted by molar-refractivity contribution is 7.22. The van der Waals surface area contributed by atoms with E-state index in [-0.39, 0.29) is 11.3 Å². The molecule has 0 aliphatic carbocycles. The lowest BCUT2D eigenvalue weighted by atomic mass is 10.1. The van der Waals surface area contributed by atoms with Gasteiger partial charge in [-0.1, -0.05) is 11.3 Å². The lowest BCUT2D eigenvalue weighted by Crippen LogP contribution is -2.19. The highest BCUT2D eigenvalue weighted by Crippen LogP contribution is 2.36. The smallest absolute Gasteiger partial charge is 0.293 e. The number of fused-ring (bicyclic) bond motifs is 1. The van der Waals surface area contributed by atoms with E-state index in [4.69, 9.17) is 9.47 Å². The average molecular weight is 428 g/mol. The molecule has 1 fully saturated rings. The van der Waals surface area contributed by atoms with Gasteiger partial charge in [-0.25, -0.2) is 4.98 Å². The summed E-state index contributed by atoms with van der Waals surface area (Å²) in [6, 6.07) is 8.09. The number of ether oxygens (including phenoxy) is 2. The number of thiazole rings is 1. The summed E-state index contributed by atoms with van der Waals surface area (Å²) in [6.07, 6.45) is 2.01. The molecule has 1 aliphatic rings. The Labute approximate surface area is 176 Å². The number of hydrogen-bond donors (Lipinski definition) is 1. The lowest BCUT2D eigenvalue weighted by Gasteiger charge is -2.17. The fraction of sp³-hybridized carbons (Fsp3) is 0.300. The minimum absolute atomic E-state index is 0.0664. The number of aromatic nitrogens is 1. The van der Waals surface area contributed by atoms with Crippen molar-refractivity contribution in [2.45, 2.75) is 12.8 Å². The van der Waals surface area contributed by atoms with E-state index in [1.807, 2.05) is 4.90 Å². The largest absolute Gasteiger partial charge is 0.493 e. The van der Waals surface area contributed by atoms with Crippen molar-refractivity contribution in [3.8, 4) is 11.5 Å². The molecule has 1 aromatic heterocycles. The molecule has 0 bridgehead atoms. The molecule has 2 heterocycles. The molecule has 0 spiro atoms. The normalized spacial score (nSPS) is 13.5. The number of nitro benzene ring substituents is 1. The number of benzene rings is 2. The van der Waals surface area contributed by atoms with Crippen LogP contribution in [-0.2, 0) is 0 Å². The van der Waals surface area contributed by atoms with E-state index in [1.54, 1.807) is 31.4 Å². The lowest BCUT2D eigenvalue weighted by molar-refractivity contribution is -0.384. The zero-order chi connectivity index (χ0) is 21.3. The third kappa shape index (κ3) is 3.73. The van der Waals surface area contributed by atoms with E-state index < -0.39 is 10.8 Å². The van der Waals surface area contributed by atoms with E-state index in [9.17, 15) is 14.9 Å². The second kappa shape index (κ2) is 8.15. The van der Waals surface area contributed by atoms with Crippen LogP contribution in [0.4, 0.5) is 16.5 Å². The van der Waals surface area contributed by atoms with Gasteiger partial charge in [-0.2, -0.15) is 0 Å². The molecular weight excluding hydrogens is 408 g/mol. The molecule has 4 rings (SSSR count). The zero-order valence-corrected chi connectivity index (χ0v) is 17.3. The highest BCUT2D eigenvalue weighted by Gasteiger charge is 2.24. The van der Waals surface area contributed by atoms with Gasteiger partial charge >= 0.3 is 0 Å². The Morgan fingerprint density at radius 1 is 1.17 bits per heavy atom. The number of nitro groups is 1. The van der Waals surface area contributed by atoms with Crippen LogP contribution in [0.3, 0.4) is 0 Å². The number of carbonyl (C=O) groups is 1. The van der Waals surface area contributed by atoms with Crippen LogP contribution in [0.15, 0.2) is 30.3 Å². The van der Waals surface area contributed by atoms with Gasteiger partial charge in [-0.15, -0.1) is 0 Å². The first-order valence-electron chi connectivity index (χ1n) is 9.37. The van der Waals surface area contributed by atoms with E-state index >= 15 is 0 Å². The Bertz CT molecular complexity index is 1080. The van der Waals surface area contributed by atoms with Gasteiger partial charge in [0.2, 0.25) is 0 Å². The summed E-state index contributed by atoms with van der Waals surface area (Å²) in [4.78, 5) is 30.2. The van der Waals surface area contributed by atoms with Crippen LogP contribution in [0.1, 0.15) is 23.2 Å². The first kappa shape index (κ1) is 19.9.